The van der Waals surface area contributed by atoms with Crippen LogP contribution < -0.4 is 14.8 Å². The van der Waals surface area contributed by atoms with Crippen molar-refractivity contribution in [3.05, 3.63) is 71.9 Å². The van der Waals surface area contributed by atoms with Crippen LogP contribution in [0.5, 0.6) is 11.5 Å². The third-order valence-corrected chi connectivity index (χ3v) is 6.08. The number of hydrogen-bond donors (Lipinski definition) is 1. The number of benzene rings is 2. The van der Waals surface area contributed by atoms with Gasteiger partial charge >= 0.3 is 0 Å². The molecule has 2 heterocycles. The van der Waals surface area contributed by atoms with E-state index in [2.05, 4.69) is 37.1 Å². The van der Waals surface area contributed by atoms with Crippen LogP contribution in [0.25, 0.3) is 22.2 Å². The molecule has 10 heteroatoms. The predicted molar refractivity (Wildman–Crippen MR) is 145 cm³/mol. The van der Waals surface area contributed by atoms with Crippen molar-refractivity contribution < 1.29 is 18.7 Å². The monoisotopic (exact) mass is 518 g/mol. The van der Waals surface area contributed by atoms with Gasteiger partial charge in [-0.2, -0.15) is 0 Å². The van der Waals surface area contributed by atoms with Crippen molar-refractivity contribution in [2.45, 2.75) is 6.54 Å². The number of carbonyl (C=O) groups is 1. The van der Waals surface area contributed by atoms with Crippen molar-refractivity contribution in [1.82, 2.24) is 24.8 Å². The molecule has 9 nitrogen and oxygen atoms in total. The van der Waals surface area contributed by atoms with E-state index in [-0.39, 0.29) is 11.3 Å². The molecule has 4 rings (SSSR count). The summed E-state index contributed by atoms with van der Waals surface area (Å²) < 4.78 is 25.7. The molecule has 4 aromatic rings. The van der Waals surface area contributed by atoms with E-state index in [1.165, 1.54) is 32.7 Å². The molecule has 0 unspecified atom stereocenters. The number of nitrogens with zero attached hydrogens (tertiary/aromatic N) is 5. The van der Waals surface area contributed by atoms with Gasteiger partial charge in [-0.1, -0.05) is 12.1 Å². The highest BCUT2D eigenvalue weighted by atomic mass is 19.1. The predicted octanol–water partition coefficient (Wildman–Crippen LogP) is 4.09. The van der Waals surface area contributed by atoms with Gasteiger partial charge in [-0.15, -0.1) is 0 Å². The Balaban J connectivity index is 1.59. The highest BCUT2D eigenvalue weighted by molar-refractivity contribution is 6.13. The summed E-state index contributed by atoms with van der Waals surface area (Å²) in [5, 5.41) is 2.83. The first-order valence-corrected chi connectivity index (χ1v) is 12.1. The highest BCUT2D eigenvalue weighted by Crippen LogP contribution is 2.37. The Hall–Kier alpha value is -4.15. The van der Waals surface area contributed by atoms with E-state index >= 15 is 4.39 Å². The maximum atomic E-state index is 15.2. The van der Waals surface area contributed by atoms with Gasteiger partial charge in [-0.25, -0.2) is 9.37 Å². The average Bonchev–Trinajstić information content (AvgIpc) is 2.92. The molecule has 0 atom stereocenters. The maximum absolute atomic E-state index is 15.2. The highest BCUT2D eigenvalue weighted by Gasteiger charge is 2.20. The first-order chi connectivity index (χ1) is 18.3. The fraction of sp³-hybridized carbons (Fsp3) is 0.286. The number of amides is 1. The van der Waals surface area contributed by atoms with Crippen LogP contribution in [0.15, 0.2) is 55.0 Å². The van der Waals surface area contributed by atoms with Crippen molar-refractivity contribution in [1.29, 1.82) is 0 Å². The Kier molecular flexibility index (Phi) is 8.45. The van der Waals surface area contributed by atoms with Gasteiger partial charge in [0.2, 0.25) is 0 Å². The van der Waals surface area contributed by atoms with Gasteiger partial charge in [0, 0.05) is 55.4 Å². The third kappa shape index (κ3) is 6.04. The summed E-state index contributed by atoms with van der Waals surface area (Å²) in [5.41, 5.74) is 2.73. The van der Waals surface area contributed by atoms with Gasteiger partial charge in [-0.3, -0.25) is 14.8 Å². The van der Waals surface area contributed by atoms with Gasteiger partial charge in [0.1, 0.15) is 17.1 Å². The summed E-state index contributed by atoms with van der Waals surface area (Å²) in [6.45, 7) is 2.65. The van der Waals surface area contributed by atoms with Gasteiger partial charge in [0.15, 0.2) is 11.6 Å². The summed E-state index contributed by atoms with van der Waals surface area (Å²) in [7, 11) is 9.03. The van der Waals surface area contributed by atoms with E-state index in [0.717, 1.165) is 25.2 Å². The zero-order valence-corrected chi connectivity index (χ0v) is 22.2. The van der Waals surface area contributed by atoms with Crippen molar-refractivity contribution in [3.8, 4) is 22.6 Å². The molecule has 1 amide bonds. The summed E-state index contributed by atoms with van der Waals surface area (Å²) >= 11 is 0. The minimum atomic E-state index is -0.561. The van der Waals surface area contributed by atoms with E-state index in [1.54, 1.807) is 30.5 Å². The molecular weight excluding hydrogens is 487 g/mol. The SMILES string of the molecule is COc1cc(OC)c(F)c(-c2ccc(C(=O)Nc3ccc(CN(C)CCN(C)C)cn3)c3nccnc23)c1. The van der Waals surface area contributed by atoms with Crippen LogP contribution in [-0.4, -0.2) is 79.1 Å². The molecule has 0 aliphatic heterocycles. The molecule has 0 aliphatic carbocycles. The van der Waals surface area contributed by atoms with E-state index in [4.69, 9.17) is 9.47 Å². The van der Waals surface area contributed by atoms with Gasteiger partial charge in [-0.05, 0) is 44.9 Å². The van der Waals surface area contributed by atoms with E-state index in [1.807, 2.05) is 20.2 Å². The third-order valence-electron chi connectivity index (χ3n) is 6.08. The molecule has 2 aromatic heterocycles. The zero-order valence-electron chi connectivity index (χ0n) is 22.2. The molecule has 0 bridgehead atoms. The number of anilines is 1. The lowest BCUT2D eigenvalue weighted by Gasteiger charge is -2.19. The fourth-order valence-corrected chi connectivity index (χ4v) is 4.03. The number of aromatic nitrogens is 3. The largest absolute Gasteiger partial charge is 0.497 e. The number of likely N-dealkylation sites (N-methyl/N-ethyl adjacent to an activating group) is 2. The number of pyridine rings is 1. The molecule has 38 heavy (non-hydrogen) atoms. The molecule has 0 spiro atoms. The number of hydrogen-bond acceptors (Lipinski definition) is 8. The van der Waals surface area contributed by atoms with Crippen LogP contribution in [0, 0.1) is 5.82 Å². The van der Waals surface area contributed by atoms with Crippen molar-refractivity contribution in [2.75, 3.05) is 53.8 Å². The lowest BCUT2D eigenvalue weighted by molar-refractivity contribution is 0.102. The minimum Gasteiger partial charge on any atom is -0.497 e. The number of nitrogens with one attached hydrogen (secondary N) is 1. The Morgan fingerprint density at radius 3 is 2.34 bits per heavy atom. The maximum Gasteiger partial charge on any atom is 0.259 e. The minimum absolute atomic E-state index is 0.0385. The number of methoxy groups -OCH3 is 2. The quantitative estimate of drug-likeness (QED) is 0.336. The van der Waals surface area contributed by atoms with Crippen molar-refractivity contribution in [3.63, 3.8) is 0 Å². The van der Waals surface area contributed by atoms with Crippen LogP contribution in [0.4, 0.5) is 10.2 Å². The van der Waals surface area contributed by atoms with Crippen LogP contribution in [0.2, 0.25) is 0 Å². The van der Waals surface area contributed by atoms with Crippen LogP contribution in [0.1, 0.15) is 15.9 Å². The molecule has 0 aliphatic rings. The smallest absolute Gasteiger partial charge is 0.259 e. The van der Waals surface area contributed by atoms with Crippen molar-refractivity contribution in [2.24, 2.45) is 0 Å². The number of carbonyl (C=O) groups excluding carboxylic acids is 1. The second-order valence-electron chi connectivity index (χ2n) is 9.15. The van der Waals surface area contributed by atoms with E-state index in [9.17, 15) is 4.79 Å². The lowest BCUT2D eigenvalue weighted by atomic mass is 9.99. The van der Waals surface area contributed by atoms with Gasteiger partial charge < -0.3 is 24.6 Å². The molecule has 1 N–H and O–H groups in total. The first-order valence-electron chi connectivity index (χ1n) is 12.1. The Labute approximate surface area is 221 Å². The Morgan fingerprint density at radius 1 is 0.921 bits per heavy atom. The Morgan fingerprint density at radius 2 is 1.68 bits per heavy atom. The normalized spacial score (nSPS) is 11.3. The summed E-state index contributed by atoms with van der Waals surface area (Å²) in [6.07, 6.45) is 4.74. The lowest BCUT2D eigenvalue weighted by Crippen LogP contribution is -2.28. The number of ether oxygens (including phenoxy) is 2. The van der Waals surface area contributed by atoms with Crippen LogP contribution in [0.3, 0.4) is 0 Å². The van der Waals surface area contributed by atoms with Crippen molar-refractivity contribution >= 4 is 22.8 Å². The zero-order chi connectivity index (χ0) is 27.2. The first kappa shape index (κ1) is 26.9. The number of fused-ring (bicyclic) bond motifs is 1. The standard InChI is InChI=1S/C28H31FN6O3/c1-34(2)12-13-35(3)17-18-6-9-24(32-16-18)33-28(36)21-8-7-20(26-27(21)31-11-10-30-26)22-14-19(37-4)15-23(38-5)25(22)29/h6-11,14-16H,12-13,17H2,1-5H3,(H,32,33,36). The fourth-order valence-electron chi connectivity index (χ4n) is 4.03. The Bertz CT molecular complexity index is 1430. The molecule has 198 valence electrons. The topological polar surface area (TPSA) is 92.7 Å². The second kappa shape index (κ2) is 11.9. The summed E-state index contributed by atoms with van der Waals surface area (Å²) in [4.78, 5) is 30.8. The van der Waals surface area contributed by atoms with E-state index in [0.29, 0.717) is 33.7 Å². The van der Waals surface area contributed by atoms with Gasteiger partial charge in [0.25, 0.3) is 5.91 Å². The molecule has 2 aromatic carbocycles. The molecule has 0 saturated heterocycles. The molecule has 0 fully saturated rings. The summed E-state index contributed by atoms with van der Waals surface area (Å²) in [5.74, 6) is -0.0743. The summed E-state index contributed by atoms with van der Waals surface area (Å²) in [6, 6.07) is 9.98. The molecule has 0 saturated carbocycles. The second-order valence-corrected chi connectivity index (χ2v) is 9.15. The number of rotatable bonds is 10. The van der Waals surface area contributed by atoms with Crippen LogP contribution >= 0.6 is 0 Å². The average molecular weight is 519 g/mol. The van der Waals surface area contributed by atoms with Gasteiger partial charge in [0.05, 0.1) is 25.3 Å². The molecule has 0 radical (unpaired) electrons. The van der Waals surface area contributed by atoms with Crippen LogP contribution in [-0.2, 0) is 6.54 Å². The molecular formula is C28H31FN6O3. The van der Waals surface area contributed by atoms with E-state index < -0.39 is 11.7 Å². The number of halogens is 1.